The Kier molecular flexibility index (Phi) is 5.05. The lowest BCUT2D eigenvalue weighted by Gasteiger charge is -2.21. The molecule has 0 saturated carbocycles. The average molecular weight is 215 g/mol. The van der Waals surface area contributed by atoms with Crippen LogP contribution in [0.15, 0.2) is 0 Å². The van der Waals surface area contributed by atoms with E-state index < -0.39 is 0 Å². The lowest BCUT2D eigenvalue weighted by atomic mass is 10.0. The van der Waals surface area contributed by atoms with Crippen LogP contribution in [0.1, 0.15) is 26.7 Å². The highest BCUT2D eigenvalue weighted by atomic mass is 16.5. The van der Waals surface area contributed by atoms with Crippen LogP contribution >= 0.6 is 0 Å². The summed E-state index contributed by atoms with van der Waals surface area (Å²) in [5.41, 5.74) is 0. The zero-order valence-electron chi connectivity index (χ0n) is 9.79. The van der Waals surface area contributed by atoms with Crippen molar-refractivity contribution in [2.45, 2.75) is 38.8 Å². The van der Waals surface area contributed by atoms with Crippen molar-refractivity contribution in [2.24, 2.45) is 5.92 Å². The molecule has 0 aromatic carbocycles. The van der Waals surface area contributed by atoms with Gasteiger partial charge in [-0.2, -0.15) is 0 Å². The summed E-state index contributed by atoms with van der Waals surface area (Å²) in [6.07, 6.45) is 2.46. The maximum atomic E-state index is 11.4. The molecule has 15 heavy (non-hydrogen) atoms. The first kappa shape index (κ1) is 12.5. The second kappa shape index (κ2) is 6.08. The molecule has 88 valence electrons. The van der Waals surface area contributed by atoms with Gasteiger partial charge in [0.15, 0.2) is 0 Å². The Hall–Kier alpha value is -0.610. The van der Waals surface area contributed by atoms with Gasteiger partial charge in [-0.15, -0.1) is 0 Å². The first-order chi connectivity index (χ1) is 7.15. The molecule has 4 nitrogen and oxygen atoms in total. The molecule has 1 N–H and O–H groups in total. The smallest absolute Gasteiger partial charge is 0.323 e. The maximum absolute atomic E-state index is 11.4. The molecule has 1 aliphatic heterocycles. The summed E-state index contributed by atoms with van der Waals surface area (Å²) in [6.45, 7) is 5.59. The van der Waals surface area contributed by atoms with E-state index in [1.165, 1.54) is 7.11 Å². The number of carbonyl (C=O) groups excluding carboxylic acids is 1. The van der Waals surface area contributed by atoms with Crippen LogP contribution < -0.4 is 5.32 Å². The van der Waals surface area contributed by atoms with Crippen LogP contribution in [0.4, 0.5) is 0 Å². The molecule has 0 amide bonds. The highest BCUT2D eigenvalue weighted by Crippen LogP contribution is 2.12. The molecule has 0 aromatic heterocycles. The molecule has 1 fully saturated rings. The van der Waals surface area contributed by atoms with E-state index in [0.717, 1.165) is 26.0 Å². The zero-order chi connectivity index (χ0) is 11.3. The van der Waals surface area contributed by atoms with Crippen molar-refractivity contribution < 1.29 is 14.3 Å². The number of rotatable bonds is 5. The summed E-state index contributed by atoms with van der Waals surface area (Å²) in [7, 11) is 1.42. The first-order valence-electron chi connectivity index (χ1n) is 5.58. The van der Waals surface area contributed by atoms with Crippen LogP contribution in [0.5, 0.6) is 0 Å². The van der Waals surface area contributed by atoms with Gasteiger partial charge in [-0.1, -0.05) is 13.8 Å². The van der Waals surface area contributed by atoms with Crippen LogP contribution in [0.3, 0.4) is 0 Å². The van der Waals surface area contributed by atoms with Crippen LogP contribution in [0.25, 0.3) is 0 Å². The number of esters is 1. The molecular formula is C11H21NO3. The van der Waals surface area contributed by atoms with Gasteiger partial charge < -0.3 is 14.8 Å². The number of hydrogen-bond donors (Lipinski definition) is 1. The molecule has 0 spiro atoms. The molecular weight excluding hydrogens is 194 g/mol. The topological polar surface area (TPSA) is 47.6 Å². The molecule has 1 rings (SSSR count). The highest BCUT2D eigenvalue weighted by Gasteiger charge is 2.24. The highest BCUT2D eigenvalue weighted by molar-refractivity contribution is 5.75. The van der Waals surface area contributed by atoms with Gasteiger partial charge in [-0.05, 0) is 18.8 Å². The lowest BCUT2D eigenvalue weighted by Crippen LogP contribution is -2.44. The van der Waals surface area contributed by atoms with Crippen molar-refractivity contribution in [3.8, 4) is 0 Å². The molecule has 4 heteroatoms. The molecule has 0 aliphatic carbocycles. The second-order valence-corrected chi connectivity index (χ2v) is 4.29. The fourth-order valence-electron chi connectivity index (χ4n) is 1.78. The number of carbonyl (C=O) groups is 1. The van der Waals surface area contributed by atoms with E-state index in [4.69, 9.17) is 9.47 Å². The predicted molar refractivity (Wildman–Crippen MR) is 57.6 cm³/mol. The molecule has 2 atom stereocenters. The second-order valence-electron chi connectivity index (χ2n) is 4.29. The summed E-state index contributed by atoms with van der Waals surface area (Å²) in [5.74, 6) is 0.0434. The quantitative estimate of drug-likeness (QED) is 0.694. The van der Waals surface area contributed by atoms with Crippen molar-refractivity contribution in [3.63, 3.8) is 0 Å². The normalized spacial score (nSPS) is 23.1. The van der Waals surface area contributed by atoms with Gasteiger partial charge in [-0.3, -0.25) is 4.79 Å². The Bertz CT molecular complexity index is 200. The SMILES string of the molecule is COC(=O)[C@@H](NC[C@@H]1CCCO1)C(C)C. The predicted octanol–water partition coefficient (Wildman–Crippen LogP) is 0.953. The van der Waals surface area contributed by atoms with E-state index in [9.17, 15) is 4.79 Å². The van der Waals surface area contributed by atoms with E-state index in [1.54, 1.807) is 0 Å². The van der Waals surface area contributed by atoms with Crippen LogP contribution in [-0.2, 0) is 14.3 Å². The number of hydrogen-bond acceptors (Lipinski definition) is 4. The van der Waals surface area contributed by atoms with Gasteiger partial charge >= 0.3 is 5.97 Å². The summed E-state index contributed by atoms with van der Waals surface area (Å²) in [6, 6.07) is -0.223. The van der Waals surface area contributed by atoms with Crippen LogP contribution in [0.2, 0.25) is 0 Å². The van der Waals surface area contributed by atoms with Gasteiger partial charge in [0.2, 0.25) is 0 Å². The molecule has 1 heterocycles. The Balaban J connectivity index is 2.33. The van der Waals surface area contributed by atoms with E-state index >= 15 is 0 Å². The number of methoxy groups -OCH3 is 1. The summed E-state index contributed by atoms with van der Waals surface area (Å²) in [5, 5.41) is 3.21. The largest absolute Gasteiger partial charge is 0.468 e. The van der Waals surface area contributed by atoms with Crippen molar-refractivity contribution in [1.29, 1.82) is 0 Å². The van der Waals surface area contributed by atoms with Gasteiger partial charge in [0.1, 0.15) is 6.04 Å². The minimum Gasteiger partial charge on any atom is -0.468 e. The molecule has 0 radical (unpaired) electrons. The minimum atomic E-state index is -0.223. The van der Waals surface area contributed by atoms with Crippen LogP contribution in [-0.4, -0.2) is 38.4 Å². The Morgan fingerprint density at radius 3 is 2.80 bits per heavy atom. The minimum absolute atomic E-state index is 0.192. The van der Waals surface area contributed by atoms with E-state index in [2.05, 4.69) is 5.32 Å². The molecule has 0 unspecified atom stereocenters. The third kappa shape index (κ3) is 3.80. The lowest BCUT2D eigenvalue weighted by molar-refractivity contribution is -0.144. The third-order valence-electron chi connectivity index (χ3n) is 2.71. The maximum Gasteiger partial charge on any atom is 0.323 e. The first-order valence-corrected chi connectivity index (χ1v) is 5.58. The van der Waals surface area contributed by atoms with Gasteiger partial charge in [0.05, 0.1) is 13.2 Å². The van der Waals surface area contributed by atoms with Crippen molar-refractivity contribution in [2.75, 3.05) is 20.3 Å². The number of ether oxygens (including phenoxy) is 2. The molecule has 0 aromatic rings. The molecule has 1 saturated heterocycles. The van der Waals surface area contributed by atoms with Crippen molar-refractivity contribution in [1.82, 2.24) is 5.32 Å². The van der Waals surface area contributed by atoms with E-state index in [0.29, 0.717) is 0 Å². The van der Waals surface area contributed by atoms with Crippen LogP contribution in [0, 0.1) is 5.92 Å². The summed E-state index contributed by atoms with van der Waals surface area (Å²) < 4.78 is 10.2. The van der Waals surface area contributed by atoms with E-state index in [-0.39, 0.29) is 24.0 Å². The van der Waals surface area contributed by atoms with Gasteiger partial charge in [-0.25, -0.2) is 0 Å². The standard InChI is InChI=1S/C11H21NO3/c1-8(2)10(11(13)14-3)12-7-9-5-4-6-15-9/h8-10,12H,4-7H2,1-3H3/t9-,10-/m0/s1. The van der Waals surface area contributed by atoms with Gasteiger partial charge in [0.25, 0.3) is 0 Å². The van der Waals surface area contributed by atoms with E-state index in [1.807, 2.05) is 13.8 Å². The van der Waals surface area contributed by atoms with Crippen molar-refractivity contribution in [3.05, 3.63) is 0 Å². The zero-order valence-corrected chi connectivity index (χ0v) is 9.79. The average Bonchev–Trinajstić information content (AvgIpc) is 2.70. The van der Waals surface area contributed by atoms with Gasteiger partial charge in [0, 0.05) is 13.2 Å². The Labute approximate surface area is 91.3 Å². The fourth-order valence-corrected chi connectivity index (χ4v) is 1.78. The number of nitrogens with one attached hydrogen (secondary N) is 1. The van der Waals surface area contributed by atoms with Crippen molar-refractivity contribution >= 4 is 5.97 Å². The monoisotopic (exact) mass is 215 g/mol. The third-order valence-corrected chi connectivity index (χ3v) is 2.71. The Morgan fingerprint density at radius 1 is 1.60 bits per heavy atom. The molecule has 1 aliphatic rings. The Morgan fingerprint density at radius 2 is 2.33 bits per heavy atom. The molecule has 0 bridgehead atoms. The fraction of sp³-hybridized carbons (Fsp3) is 0.909. The summed E-state index contributed by atoms with van der Waals surface area (Å²) >= 11 is 0. The summed E-state index contributed by atoms with van der Waals surface area (Å²) in [4.78, 5) is 11.4.